The Morgan fingerprint density at radius 3 is 2.44 bits per heavy atom. The van der Waals surface area contributed by atoms with Crippen LogP contribution in [0.1, 0.15) is 23.0 Å². The van der Waals surface area contributed by atoms with Gasteiger partial charge in [0.1, 0.15) is 5.52 Å². The summed E-state index contributed by atoms with van der Waals surface area (Å²) in [6, 6.07) is 16.9. The van der Waals surface area contributed by atoms with Gasteiger partial charge in [-0.1, -0.05) is 37.3 Å². The van der Waals surface area contributed by atoms with Gasteiger partial charge in [-0.3, -0.25) is 4.79 Å². The first-order valence-corrected chi connectivity index (χ1v) is 8.01. The Morgan fingerprint density at radius 1 is 1.08 bits per heavy atom. The molecule has 0 unspecified atom stereocenters. The molecule has 0 fully saturated rings. The third kappa shape index (κ3) is 2.16. The molecule has 0 aliphatic rings. The van der Waals surface area contributed by atoms with E-state index in [2.05, 4.69) is 0 Å². The van der Waals surface area contributed by atoms with Crippen LogP contribution in [0.5, 0.6) is 0 Å². The largest absolute Gasteiger partial charge is 0.475 e. The zero-order valence-corrected chi connectivity index (χ0v) is 13.5. The van der Waals surface area contributed by atoms with E-state index in [4.69, 9.17) is 4.42 Å². The number of fused-ring (bicyclic) bond motifs is 3. The first kappa shape index (κ1) is 15.2. The molecule has 0 atom stereocenters. The van der Waals surface area contributed by atoms with Crippen molar-refractivity contribution >= 4 is 28.0 Å². The summed E-state index contributed by atoms with van der Waals surface area (Å²) in [7, 11) is 0. The number of carboxylic acid groups (broad SMARTS) is 1. The van der Waals surface area contributed by atoms with Crippen LogP contribution in [-0.2, 0) is 6.42 Å². The zero-order chi connectivity index (χ0) is 17.6. The second-order valence-corrected chi connectivity index (χ2v) is 5.76. The Morgan fingerprint density at radius 2 is 1.76 bits per heavy atom. The maximum Gasteiger partial charge on any atom is 0.372 e. The topological polar surface area (TPSA) is 72.4 Å². The van der Waals surface area contributed by atoms with Gasteiger partial charge in [-0.25, -0.2) is 4.79 Å². The first-order valence-electron chi connectivity index (χ1n) is 8.01. The lowest BCUT2D eigenvalue weighted by Gasteiger charge is -2.08. The number of carbonyl (C=O) groups is 1. The van der Waals surface area contributed by atoms with E-state index in [9.17, 15) is 14.7 Å². The van der Waals surface area contributed by atoms with Gasteiger partial charge >= 0.3 is 5.97 Å². The predicted octanol–water partition coefficient (Wildman–Crippen LogP) is 4.00. The molecule has 5 nitrogen and oxygen atoms in total. The van der Waals surface area contributed by atoms with Crippen LogP contribution >= 0.6 is 0 Å². The fourth-order valence-electron chi connectivity index (χ4n) is 3.27. The molecule has 0 spiro atoms. The maximum atomic E-state index is 13.1. The lowest BCUT2D eigenvalue weighted by Crippen LogP contribution is -2.17. The minimum Gasteiger partial charge on any atom is -0.475 e. The smallest absolute Gasteiger partial charge is 0.372 e. The van der Waals surface area contributed by atoms with E-state index >= 15 is 0 Å². The van der Waals surface area contributed by atoms with Crippen molar-refractivity contribution in [2.45, 2.75) is 13.3 Å². The standard InChI is InChI=1S/C20H15NO4/c1-2-13-17(22)16-18(25-19(13)20(23)24)14-10-6-7-11-15(14)21(16)12-8-4-3-5-9-12/h3-11H,2H2,1H3,(H,23,24). The van der Waals surface area contributed by atoms with Crippen LogP contribution in [0.3, 0.4) is 0 Å². The van der Waals surface area contributed by atoms with Crippen molar-refractivity contribution in [2.75, 3.05) is 0 Å². The van der Waals surface area contributed by atoms with Crippen molar-refractivity contribution in [3.05, 3.63) is 76.1 Å². The molecule has 0 aliphatic heterocycles. The fourth-order valence-corrected chi connectivity index (χ4v) is 3.27. The van der Waals surface area contributed by atoms with Crippen LogP contribution in [0.15, 0.2) is 63.8 Å². The Balaban J connectivity index is 2.28. The third-order valence-electron chi connectivity index (χ3n) is 4.36. The highest BCUT2D eigenvalue weighted by Gasteiger charge is 2.24. The van der Waals surface area contributed by atoms with Crippen LogP contribution in [-0.4, -0.2) is 15.6 Å². The number of carboxylic acids is 1. The number of nitrogens with zero attached hydrogens (tertiary/aromatic N) is 1. The Hall–Kier alpha value is -3.34. The number of rotatable bonds is 3. The average molecular weight is 333 g/mol. The molecule has 5 heteroatoms. The lowest BCUT2D eigenvalue weighted by atomic mass is 10.1. The van der Waals surface area contributed by atoms with Gasteiger partial charge in [0.2, 0.25) is 11.2 Å². The highest BCUT2D eigenvalue weighted by atomic mass is 16.4. The minimum atomic E-state index is -1.23. The number of aromatic nitrogens is 1. The molecule has 2 aromatic heterocycles. The summed E-state index contributed by atoms with van der Waals surface area (Å²) < 4.78 is 7.56. The second kappa shape index (κ2) is 5.63. The van der Waals surface area contributed by atoms with E-state index in [1.807, 2.05) is 59.2 Å². The van der Waals surface area contributed by atoms with Gasteiger partial charge in [-0.15, -0.1) is 0 Å². The molecular weight excluding hydrogens is 318 g/mol. The van der Waals surface area contributed by atoms with Crippen molar-refractivity contribution in [2.24, 2.45) is 0 Å². The van der Waals surface area contributed by atoms with Crippen LogP contribution in [0.25, 0.3) is 27.7 Å². The van der Waals surface area contributed by atoms with Gasteiger partial charge in [-0.2, -0.15) is 0 Å². The molecule has 0 amide bonds. The molecule has 4 aromatic rings. The van der Waals surface area contributed by atoms with Gasteiger partial charge in [-0.05, 0) is 30.7 Å². The van der Waals surface area contributed by atoms with Crippen molar-refractivity contribution in [3.63, 3.8) is 0 Å². The molecule has 2 heterocycles. The number of benzene rings is 2. The van der Waals surface area contributed by atoms with E-state index in [-0.39, 0.29) is 23.2 Å². The lowest BCUT2D eigenvalue weighted by molar-refractivity contribution is 0.0661. The number of hydrogen-bond donors (Lipinski definition) is 1. The Bertz CT molecular complexity index is 1170. The van der Waals surface area contributed by atoms with E-state index in [1.54, 1.807) is 6.92 Å². The van der Waals surface area contributed by atoms with Crippen molar-refractivity contribution in [1.82, 2.24) is 4.57 Å². The third-order valence-corrected chi connectivity index (χ3v) is 4.36. The minimum absolute atomic E-state index is 0.181. The van der Waals surface area contributed by atoms with Gasteiger partial charge in [0, 0.05) is 11.1 Å². The monoisotopic (exact) mass is 333 g/mol. The molecule has 0 saturated heterocycles. The molecular formula is C20H15NO4. The summed E-state index contributed by atoms with van der Waals surface area (Å²) in [4.78, 5) is 24.7. The highest BCUT2D eigenvalue weighted by molar-refractivity contribution is 6.06. The molecule has 25 heavy (non-hydrogen) atoms. The van der Waals surface area contributed by atoms with Crippen LogP contribution in [0.2, 0.25) is 0 Å². The maximum absolute atomic E-state index is 13.1. The molecule has 0 saturated carbocycles. The van der Waals surface area contributed by atoms with E-state index < -0.39 is 5.97 Å². The van der Waals surface area contributed by atoms with Gasteiger partial charge in [0.25, 0.3) is 0 Å². The van der Waals surface area contributed by atoms with E-state index in [0.29, 0.717) is 16.5 Å². The number of aromatic carboxylic acids is 1. The fraction of sp³-hybridized carbons (Fsp3) is 0.100. The summed E-state index contributed by atoms with van der Waals surface area (Å²) in [5, 5.41) is 10.1. The van der Waals surface area contributed by atoms with Crippen molar-refractivity contribution in [3.8, 4) is 5.69 Å². The summed E-state index contributed by atoms with van der Waals surface area (Å²) in [6.45, 7) is 1.75. The normalized spacial score (nSPS) is 11.2. The van der Waals surface area contributed by atoms with Gasteiger partial charge < -0.3 is 14.1 Å². The zero-order valence-electron chi connectivity index (χ0n) is 13.5. The molecule has 0 aliphatic carbocycles. The molecule has 0 radical (unpaired) electrons. The van der Waals surface area contributed by atoms with E-state index in [0.717, 1.165) is 11.2 Å². The van der Waals surface area contributed by atoms with Crippen LogP contribution in [0, 0.1) is 0 Å². The molecule has 124 valence electrons. The quantitative estimate of drug-likeness (QED) is 0.615. The SMILES string of the molecule is CCc1c(C(=O)O)oc2c3ccccc3n(-c3ccccc3)c2c1=O. The Labute approximate surface area is 142 Å². The molecule has 4 rings (SSSR count). The predicted molar refractivity (Wildman–Crippen MR) is 95.7 cm³/mol. The summed E-state index contributed by atoms with van der Waals surface area (Å²) >= 11 is 0. The number of para-hydroxylation sites is 2. The second-order valence-electron chi connectivity index (χ2n) is 5.76. The Kier molecular flexibility index (Phi) is 3.42. The molecule has 0 bridgehead atoms. The average Bonchev–Trinajstić information content (AvgIpc) is 2.97. The summed E-state index contributed by atoms with van der Waals surface area (Å²) in [5.41, 5.74) is 2.18. The first-order chi connectivity index (χ1) is 12.1. The molecule has 1 N–H and O–H groups in total. The van der Waals surface area contributed by atoms with Gasteiger partial charge in [0.05, 0.1) is 11.1 Å². The van der Waals surface area contributed by atoms with Crippen molar-refractivity contribution < 1.29 is 14.3 Å². The highest BCUT2D eigenvalue weighted by Crippen LogP contribution is 2.31. The van der Waals surface area contributed by atoms with Gasteiger partial charge in [0.15, 0.2) is 5.58 Å². The summed E-state index contributed by atoms with van der Waals surface area (Å²) in [5.74, 6) is -1.51. The summed E-state index contributed by atoms with van der Waals surface area (Å²) in [6.07, 6.45) is 0.288. The van der Waals surface area contributed by atoms with Crippen LogP contribution in [0.4, 0.5) is 0 Å². The van der Waals surface area contributed by atoms with Crippen LogP contribution < -0.4 is 5.43 Å². The molecule has 2 aromatic carbocycles. The van der Waals surface area contributed by atoms with Crippen molar-refractivity contribution in [1.29, 1.82) is 0 Å². The van der Waals surface area contributed by atoms with E-state index in [1.165, 1.54) is 0 Å². The number of hydrogen-bond acceptors (Lipinski definition) is 3.